The van der Waals surface area contributed by atoms with Crippen LogP contribution in [-0.4, -0.2) is 15.7 Å². The van der Waals surface area contributed by atoms with Crippen molar-refractivity contribution in [1.82, 2.24) is 9.55 Å². The Balaban J connectivity index is 1.59. The van der Waals surface area contributed by atoms with E-state index in [1.165, 1.54) is 35.3 Å². The Morgan fingerprint density at radius 1 is 1.19 bits per heavy atom. The lowest BCUT2D eigenvalue weighted by Gasteiger charge is -2.27. The van der Waals surface area contributed by atoms with Crippen LogP contribution in [0.3, 0.4) is 0 Å². The van der Waals surface area contributed by atoms with Gasteiger partial charge in [-0.05, 0) is 29.9 Å². The third kappa shape index (κ3) is 4.22. The Bertz CT molecular complexity index is 1110. The molecule has 0 amide bonds. The minimum Gasteiger partial charge on any atom is -0.372 e. The SMILES string of the molecule is CC(C)[C@@H]1Cc2c(sc3nc(SCc4ccccc4)n(C4CCCCC4)c(=O)c23)CO1. The van der Waals surface area contributed by atoms with Gasteiger partial charge in [-0.25, -0.2) is 4.98 Å². The largest absolute Gasteiger partial charge is 0.372 e. The molecule has 0 spiro atoms. The molecule has 164 valence electrons. The van der Waals surface area contributed by atoms with E-state index in [1.807, 2.05) is 6.07 Å². The first-order chi connectivity index (χ1) is 15.1. The van der Waals surface area contributed by atoms with Crippen LogP contribution < -0.4 is 5.56 Å². The molecule has 1 saturated carbocycles. The van der Waals surface area contributed by atoms with E-state index in [9.17, 15) is 4.79 Å². The van der Waals surface area contributed by atoms with Crippen LogP contribution in [0.2, 0.25) is 0 Å². The van der Waals surface area contributed by atoms with Crippen LogP contribution in [0, 0.1) is 5.92 Å². The van der Waals surface area contributed by atoms with E-state index in [0.717, 1.165) is 40.4 Å². The van der Waals surface area contributed by atoms with Crippen LogP contribution in [0.4, 0.5) is 0 Å². The van der Waals surface area contributed by atoms with Crippen molar-refractivity contribution in [2.45, 2.75) is 82.0 Å². The van der Waals surface area contributed by atoms with Crippen LogP contribution in [0.15, 0.2) is 40.3 Å². The van der Waals surface area contributed by atoms with E-state index in [-0.39, 0.29) is 17.7 Å². The minimum absolute atomic E-state index is 0.175. The first-order valence-corrected chi connectivity index (χ1v) is 13.3. The fourth-order valence-electron chi connectivity index (χ4n) is 4.83. The number of thioether (sulfide) groups is 1. The molecule has 0 radical (unpaired) electrons. The molecule has 0 saturated heterocycles. The van der Waals surface area contributed by atoms with Gasteiger partial charge in [0.05, 0.1) is 18.1 Å². The monoisotopic (exact) mass is 454 g/mol. The quantitative estimate of drug-likeness (QED) is 0.333. The summed E-state index contributed by atoms with van der Waals surface area (Å²) in [6, 6.07) is 10.7. The van der Waals surface area contributed by atoms with Crippen molar-refractivity contribution in [2.24, 2.45) is 5.92 Å². The van der Waals surface area contributed by atoms with Crippen molar-refractivity contribution in [3.8, 4) is 0 Å². The number of hydrogen-bond acceptors (Lipinski definition) is 5. The zero-order chi connectivity index (χ0) is 21.4. The number of rotatable bonds is 5. The van der Waals surface area contributed by atoms with Crippen molar-refractivity contribution < 1.29 is 4.74 Å². The van der Waals surface area contributed by atoms with Crippen LogP contribution >= 0.6 is 23.1 Å². The van der Waals surface area contributed by atoms with Gasteiger partial charge in [-0.2, -0.15) is 0 Å². The summed E-state index contributed by atoms with van der Waals surface area (Å²) in [5.74, 6) is 1.27. The molecule has 0 unspecified atom stereocenters. The smallest absolute Gasteiger partial charge is 0.263 e. The molecule has 1 aromatic carbocycles. The van der Waals surface area contributed by atoms with Crippen LogP contribution in [0.5, 0.6) is 0 Å². The average molecular weight is 455 g/mol. The lowest BCUT2D eigenvalue weighted by atomic mass is 9.94. The first kappa shape index (κ1) is 21.2. The summed E-state index contributed by atoms with van der Waals surface area (Å²) in [6.07, 6.45) is 6.83. The molecule has 3 aromatic rings. The Hall–Kier alpha value is -1.63. The van der Waals surface area contributed by atoms with Crippen molar-refractivity contribution in [3.05, 3.63) is 56.7 Å². The summed E-state index contributed by atoms with van der Waals surface area (Å²) < 4.78 is 8.14. The maximum Gasteiger partial charge on any atom is 0.263 e. The standard InChI is InChI=1S/C25H30N2O2S2/c1-16(2)20-13-19-21(14-29-20)31-23-22(19)24(28)27(18-11-7-4-8-12-18)25(26-23)30-15-17-9-5-3-6-10-17/h3,5-6,9-10,16,18,20H,4,7-8,11-15H2,1-2H3/t20-/m0/s1. The number of thiophene rings is 1. The number of benzene rings is 1. The second kappa shape index (κ2) is 9.08. The third-order valence-corrected chi connectivity index (χ3v) is 8.76. The van der Waals surface area contributed by atoms with Crippen molar-refractivity contribution in [3.63, 3.8) is 0 Å². The van der Waals surface area contributed by atoms with Crippen molar-refractivity contribution in [1.29, 1.82) is 0 Å². The molecule has 1 aliphatic heterocycles. The molecule has 1 fully saturated rings. The molecule has 2 aromatic heterocycles. The van der Waals surface area contributed by atoms with E-state index in [2.05, 4.69) is 42.7 Å². The predicted molar refractivity (Wildman–Crippen MR) is 129 cm³/mol. The van der Waals surface area contributed by atoms with Gasteiger partial charge in [0.1, 0.15) is 4.83 Å². The second-order valence-corrected chi connectivity index (χ2v) is 11.1. The molecule has 0 bridgehead atoms. The summed E-state index contributed by atoms with van der Waals surface area (Å²) in [5, 5.41) is 1.75. The van der Waals surface area contributed by atoms with E-state index >= 15 is 0 Å². The minimum atomic E-state index is 0.175. The fourth-order valence-corrected chi connectivity index (χ4v) is 7.02. The summed E-state index contributed by atoms with van der Waals surface area (Å²) >= 11 is 3.36. The molecule has 31 heavy (non-hydrogen) atoms. The molecule has 1 aliphatic carbocycles. The van der Waals surface area contributed by atoms with Gasteiger partial charge in [0.15, 0.2) is 5.16 Å². The number of nitrogens with zero attached hydrogens (tertiary/aromatic N) is 2. The topological polar surface area (TPSA) is 44.1 Å². The van der Waals surface area contributed by atoms with Gasteiger partial charge >= 0.3 is 0 Å². The molecule has 4 nitrogen and oxygen atoms in total. The zero-order valence-electron chi connectivity index (χ0n) is 18.3. The second-order valence-electron chi connectivity index (χ2n) is 9.12. The Morgan fingerprint density at radius 2 is 1.97 bits per heavy atom. The van der Waals surface area contributed by atoms with Gasteiger partial charge in [0.2, 0.25) is 0 Å². The highest BCUT2D eigenvalue weighted by Gasteiger charge is 2.30. The van der Waals surface area contributed by atoms with E-state index in [4.69, 9.17) is 9.72 Å². The molecular weight excluding hydrogens is 424 g/mol. The summed E-state index contributed by atoms with van der Waals surface area (Å²) in [4.78, 5) is 21.1. The van der Waals surface area contributed by atoms with Gasteiger partial charge in [-0.1, -0.05) is 75.2 Å². The van der Waals surface area contributed by atoms with Gasteiger partial charge in [0.25, 0.3) is 5.56 Å². The maximum atomic E-state index is 13.9. The molecule has 6 heteroatoms. The number of hydrogen-bond donors (Lipinski definition) is 0. The average Bonchev–Trinajstić information content (AvgIpc) is 3.17. The van der Waals surface area contributed by atoms with Gasteiger partial charge in [0, 0.05) is 23.1 Å². The van der Waals surface area contributed by atoms with E-state index in [1.54, 1.807) is 23.1 Å². The molecule has 1 atom stereocenters. The molecule has 5 rings (SSSR count). The van der Waals surface area contributed by atoms with E-state index < -0.39 is 0 Å². The highest BCUT2D eigenvalue weighted by atomic mass is 32.2. The lowest BCUT2D eigenvalue weighted by molar-refractivity contribution is 0.00200. The molecule has 0 N–H and O–H groups in total. The zero-order valence-corrected chi connectivity index (χ0v) is 19.9. The highest BCUT2D eigenvalue weighted by molar-refractivity contribution is 7.98. The van der Waals surface area contributed by atoms with Gasteiger partial charge in [-0.15, -0.1) is 11.3 Å². The van der Waals surface area contributed by atoms with Crippen LogP contribution in [-0.2, 0) is 23.5 Å². The van der Waals surface area contributed by atoms with Crippen molar-refractivity contribution in [2.75, 3.05) is 0 Å². The highest BCUT2D eigenvalue weighted by Crippen LogP contribution is 2.38. The Kier molecular flexibility index (Phi) is 6.22. The van der Waals surface area contributed by atoms with Gasteiger partial charge < -0.3 is 4.74 Å². The van der Waals surface area contributed by atoms with E-state index in [0.29, 0.717) is 12.5 Å². The first-order valence-electron chi connectivity index (χ1n) is 11.5. The molecule has 3 heterocycles. The third-order valence-electron chi connectivity index (χ3n) is 6.64. The normalized spacial score (nSPS) is 19.8. The maximum absolute atomic E-state index is 13.9. The van der Waals surface area contributed by atoms with Gasteiger partial charge in [-0.3, -0.25) is 9.36 Å². The lowest BCUT2D eigenvalue weighted by Crippen LogP contribution is -2.31. The predicted octanol–water partition coefficient (Wildman–Crippen LogP) is 6.35. The molecular formula is C25H30N2O2S2. The van der Waals surface area contributed by atoms with Crippen LogP contribution in [0.1, 0.15) is 68.0 Å². The summed E-state index contributed by atoms with van der Waals surface area (Å²) in [5.41, 5.74) is 2.64. The Labute approximate surface area is 192 Å². The van der Waals surface area contributed by atoms with Crippen LogP contribution in [0.25, 0.3) is 10.2 Å². The number of aromatic nitrogens is 2. The Morgan fingerprint density at radius 3 is 2.71 bits per heavy atom. The summed E-state index contributed by atoms with van der Waals surface area (Å²) in [7, 11) is 0. The fraction of sp³-hybridized carbons (Fsp3) is 0.520. The van der Waals surface area contributed by atoms with Crippen molar-refractivity contribution >= 4 is 33.3 Å². The number of fused-ring (bicyclic) bond motifs is 3. The molecule has 2 aliphatic rings. The summed E-state index contributed by atoms with van der Waals surface area (Å²) in [6.45, 7) is 5.00. The number of ether oxygens (including phenoxy) is 1.